The standard InChI is InChI=1S/C23H27NO3S/c1-3-4-16-28(25,26)24(17-19-12-14-22(27-2)15-13-19)18-21-10-7-9-20-8-5-6-11-23(20)21/h5-15H,3-4,16-18H2,1-2H3. The molecule has 28 heavy (non-hydrogen) atoms. The third kappa shape index (κ3) is 4.91. The van der Waals surface area contributed by atoms with Gasteiger partial charge in [0.05, 0.1) is 12.9 Å². The average molecular weight is 398 g/mol. The molecule has 0 heterocycles. The molecule has 3 aromatic rings. The highest BCUT2D eigenvalue weighted by Crippen LogP contribution is 2.23. The van der Waals surface area contributed by atoms with Crippen molar-refractivity contribution in [2.24, 2.45) is 0 Å². The molecule has 0 aliphatic rings. The minimum absolute atomic E-state index is 0.171. The lowest BCUT2D eigenvalue weighted by atomic mass is 10.0. The van der Waals surface area contributed by atoms with Crippen molar-refractivity contribution in [2.45, 2.75) is 32.9 Å². The fourth-order valence-corrected chi connectivity index (χ4v) is 4.86. The summed E-state index contributed by atoms with van der Waals surface area (Å²) in [5, 5.41) is 2.21. The van der Waals surface area contributed by atoms with Gasteiger partial charge in [0.2, 0.25) is 10.0 Å². The Morgan fingerprint density at radius 2 is 1.61 bits per heavy atom. The van der Waals surface area contributed by atoms with Gasteiger partial charge in [-0.25, -0.2) is 8.42 Å². The van der Waals surface area contributed by atoms with Gasteiger partial charge in [0.1, 0.15) is 5.75 Å². The summed E-state index contributed by atoms with van der Waals surface area (Å²) in [6, 6.07) is 21.7. The van der Waals surface area contributed by atoms with Gasteiger partial charge in [0.15, 0.2) is 0 Å². The molecule has 0 unspecified atom stereocenters. The van der Waals surface area contributed by atoms with E-state index in [9.17, 15) is 8.42 Å². The molecule has 0 aromatic heterocycles. The second kappa shape index (κ2) is 9.22. The molecule has 3 rings (SSSR count). The van der Waals surface area contributed by atoms with Crippen molar-refractivity contribution in [2.75, 3.05) is 12.9 Å². The number of nitrogens with zero attached hydrogens (tertiary/aromatic N) is 1. The van der Waals surface area contributed by atoms with E-state index in [2.05, 4.69) is 18.2 Å². The topological polar surface area (TPSA) is 46.6 Å². The van der Waals surface area contributed by atoms with Crippen LogP contribution < -0.4 is 4.74 Å². The van der Waals surface area contributed by atoms with Crippen molar-refractivity contribution in [3.8, 4) is 5.75 Å². The Morgan fingerprint density at radius 3 is 2.32 bits per heavy atom. The summed E-state index contributed by atoms with van der Waals surface area (Å²) in [5.74, 6) is 0.933. The maximum absolute atomic E-state index is 13.1. The van der Waals surface area contributed by atoms with Crippen LogP contribution in [0.4, 0.5) is 0 Å². The lowest BCUT2D eigenvalue weighted by molar-refractivity contribution is 0.399. The largest absolute Gasteiger partial charge is 0.497 e. The van der Waals surface area contributed by atoms with Crippen molar-refractivity contribution in [3.63, 3.8) is 0 Å². The highest BCUT2D eigenvalue weighted by Gasteiger charge is 2.23. The number of methoxy groups -OCH3 is 1. The van der Waals surface area contributed by atoms with E-state index in [0.29, 0.717) is 19.5 Å². The first-order valence-electron chi connectivity index (χ1n) is 9.61. The molecule has 0 N–H and O–H groups in total. The van der Waals surface area contributed by atoms with Gasteiger partial charge in [-0.3, -0.25) is 0 Å². The number of fused-ring (bicyclic) bond motifs is 1. The molecule has 0 spiro atoms. The van der Waals surface area contributed by atoms with Crippen LogP contribution in [-0.2, 0) is 23.1 Å². The van der Waals surface area contributed by atoms with Crippen LogP contribution in [0.5, 0.6) is 5.75 Å². The zero-order chi connectivity index (χ0) is 20.0. The van der Waals surface area contributed by atoms with Crippen LogP contribution in [-0.4, -0.2) is 25.6 Å². The zero-order valence-corrected chi connectivity index (χ0v) is 17.3. The Kier molecular flexibility index (Phi) is 6.70. The molecule has 3 aromatic carbocycles. The molecule has 0 aliphatic heterocycles. The molecule has 148 valence electrons. The zero-order valence-electron chi connectivity index (χ0n) is 16.5. The van der Waals surface area contributed by atoms with E-state index >= 15 is 0 Å². The average Bonchev–Trinajstić information content (AvgIpc) is 2.72. The number of ether oxygens (including phenoxy) is 1. The summed E-state index contributed by atoms with van der Waals surface area (Å²) < 4.78 is 32.9. The van der Waals surface area contributed by atoms with Crippen LogP contribution in [0.2, 0.25) is 0 Å². The van der Waals surface area contributed by atoms with Crippen molar-refractivity contribution < 1.29 is 13.2 Å². The van der Waals surface area contributed by atoms with E-state index in [4.69, 9.17) is 4.74 Å². The van der Waals surface area contributed by atoms with Crippen molar-refractivity contribution in [1.82, 2.24) is 4.31 Å². The second-order valence-corrected chi connectivity index (χ2v) is 9.01. The van der Waals surface area contributed by atoms with Crippen LogP contribution >= 0.6 is 0 Å². The predicted molar refractivity (Wildman–Crippen MR) is 115 cm³/mol. The summed E-state index contributed by atoms with van der Waals surface area (Å²) in [5.41, 5.74) is 1.97. The van der Waals surface area contributed by atoms with Crippen LogP contribution in [0, 0.1) is 0 Å². The normalized spacial score (nSPS) is 11.8. The molecule has 0 radical (unpaired) electrons. The van der Waals surface area contributed by atoms with Crippen LogP contribution in [0.25, 0.3) is 10.8 Å². The number of hydrogen-bond acceptors (Lipinski definition) is 3. The highest BCUT2D eigenvalue weighted by atomic mass is 32.2. The van der Waals surface area contributed by atoms with Crippen LogP contribution in [0.3, 0.4) is 0 Å². The Bertz CT molecular complexity index is 1010. The summed E-state index contributed by atoms with van der Waals surface area (Å²) in [6.45, 7) is 2.72. The Labute approximate surface area is 167 Å². The quantitative estimate of drug-likeness (QED) is 0.511. The van der Waals surface area contributed by atoms with Gasteiger partial charge in [-0.05, 0) is 40.5 Å². The Hall–Kier alpha value is -2.37. The summed E-state index contributed by atoms with van der Waals surface area (Å²) in [4.78, 5) is 0. The number of rotatable bonds is 9. The fraction of sp³-hybridized carbons (Fsp3) is 0.304. The van der Waals surface area contributed by atoms with Gasteiger partial charge in [-0.1, -0.05) is 67.9 Å². The van der Waals surface area contributed by atoms with Gasteiger partial charge in [0.25, 0.3) is 0 Å². The van der Waals surface area contributed by atoms with E-state index in [1.807, 2.05) is 55.5 Å². The first kappa shape index (κ1) is 20.4. The molecule has 4 nitrogen and oxygen atoms in total. The molecular weight excluding hydrogens is 370 g/mol. The van der Waals surface area contributed by atoms with E-state index in [0.717, 1.165) is 34.1 Å². The second-order valence-electron chi connectivity index (χ2n) is 6.92. The van der Waals surface area contributed by atoms with Crippen LogP contribution in [0.15, 0.2) is 66.7 Å². The first-order valence-corrected chi connectivity index (χ1v) is 11.2. The molecule has 0 bridgehead atoms. The lowest BCUT2D eigenvalue weighted by Crippen LogP contribution is -2.32. The smallest absolute Gasteiger partial charge is 0.214 e. The lowest BCUT2D eigenvalue weighted by Gasteiger charge is -2.23. The van der Waals surface area contributed by atoms with Crippen LogP contribution in [0.1, 0.15) is 30.9 Å². The molecule has 0 atom stereocenters. The molecule has 5 heteroatoms. The number of unbranched alkanes of at least 4 members (excludes halogenated alkanes) is 1. The Balaban J connectivity index is 1.93. The Morgan fingerprint density at radius 1 is 0.893 bits per heavy atom. The molecule has 0 amide bonds. The van der Waals surface area contributed by atoms with Gasteiger partial charge in [0, 0.05) is 13.1 Å². The van der Waals surface area contributed by atoms with Crippen molar-refractivity contribution in [3.05, 3.63) is 77.9 Å². The molecule has 0 aliphatic carbocycles. The first-order chi connectivity index (χ1) is 13.5. The summed E-state index contributed by atoms with van der Waals surface area (Å²) in [6.07, 6.45) is 1.51. The monoisotopic (exact) mass is 397 g/mol. The third-order valence-corrected chi connectivity index (χ3v) is 6.74. The van der Waals surface area contributed by atoms with E-state index in [-0.39, 0.29) is 5.75 Å². The molecular formula is C23H27NO3S. The van der Waals surface area contributed by atoms with Gasteiger partial charge >= 0.3 is 0 Å². The van der Waals surface area contributed by atoms with Crippen molar-refractivity contribution in [1.29, 1.82) is 0 Å². The minimum atomic E-state index is -3.36. The number of benzene rings is 3. The predicted octanol–water partition coefficient (Wildman–Crippen LogP) is 4.98. The van der Waals surface area contributed by atoms with Crippen molar-refractivity contribution >= 4 is 20.8 Å². The maximum atomic E-state index is 13.1. The number of hydrogen-bond donors (Lipinski definition) is 0. The van der Waals surface area contributed by atoms with Gasteiger partial charge in [-0.2, -0.15) is 4.31 Å². The SMILES string of the molecule is CCCCS(=O)(=O)N(Cc1ccc(OC)cc1)Cc1cccc2ccccc12. The summed E-state index contributed by atoms with van der Waals surface area (Å²) >= 11 is 0. The third-order valence-electron chi connectivity index (χ3n) is 4.89. The molecule has 0 fully saturated rings. The fourth-order valence-electron chi connectivity index (χ4n) is 3.26. The minimum Gasteiger partial charge on any atom is -0.497 e. The van der Waals surface area contributed by atoms with E-state index in [1.165, 1.54) is 0 Å². The molecule has 0 saturated carbocycles. The number of sulfonamides is 1. The highest BCUT2D eigenvalue weighted by molar-refractivity contribution is 7.89. The summed E-state index contributed by atoms with van der Waals surface area (Å²) in [7, 11) is -1.74. The van der Waals surface area contributed by atoms with Gasteiger partial charge < -0.3 is 4.74 Å². The van der Waals surface area contributed by atoms with Gasteiger partial charge in [-0.15, -0.1) is 0 Å². The maximum Gasteiger partial charge on any atom is 0.214 e. The van der Waals surface area contributed by atoms with E-state index < -0.39 is 10.0 Å². The molecule has 0 saturated heterocycles. The van der Waals surface area contributed by atoms with E-state index in [1.54, 1.807) is 11.4 Å².